The number of hydrogen-bond acceptors (Lipinski definition) is 2. The van der Waals surface area contributed by atoms with Crippen molar-refractivity contribution in [2.45, 2.75) is 39.5 Å². The molecule has 2 aromatic rings. The molecule has 24 heavy (non-hydrogen) atoms. The van der Waals surface area contributed by atoms with E-state index in [-0.39, 0.29) is 5.97 Å². The van der Waals surface area contributed by atoms with Gasteiger partial charge in [0.25, 0.3) is 0 Å². The highest BCUT2D eigenvalue weighted by atomic mass is 16.5. The molecule has 3 rings (SSSR count). The van der Waals surface area contributed by atoms with Crippen LogP contribution in [-0.4, -0.2) is 5.97 Å². The minimum Gasteiger partial charge on any atom is -0.427 e. The van der Waals surface area contributed by atoms with Gasteiger partial charge in [0, 0.05) is 6.92 Å². The Morgan fingerprint density at radius 1 is 1.00 bits per heavy atom. The molecule has 2 aromatic carbocycles. The van der Waals surface area contributed by atoms with Crippen molar-refractivity contribution in [3.8, 4) is 16.9 Å². The highest BCUT2D eigenvalue weighted by molar-refractivity contribution is 5.72. The molecule has 0 saturated carbocycles. The van der Waals surface area contributed by atoms with Gasteiger partial charge < -0.3 is 4.74 Å². The van der Waals surface area contributed by atoms with Crippen LogP contribution in [0.15, 0.2) is 54.6 Å². The fraction of sp³-hybridized carbons (Fsp3) is 0.318. The number of carbonyl (C=O) groups is 1. The summed E-state index contributed by atoms with van der Waals surface area (Å²) >= 11 is 0. The summed E-state index contributed by atoms with van der Waals surface area (Å²) in [6.45, 7) is 3.69. The number of benzene rings is 2. The Kier molecular flexibility index (Phi) is 5.14. The first-order chi connectivity index (χ1) is 11.7. The molecule has 124 valence electrons. The molecule has 1 atom stereocenters. The smallest absolute Gasteiger partial charge is 0.308 e. The van der Waals surface area contributed by atoms with E-state index in [1.807, 2.05) is 24.3 Å². The molecule has 0 fully saturated rings. The van der Waals surface area contributed by atoms with Crippen LogP contribution in [0.1, 0.15) is 45.1 Å². The van der Waals surface area contributed by atoms with Crippen LogP contribution in [0.3, 0.4) is 0 Å². The van der Waals surface area contributed by atoms with Gasteiger partial charge in [-0.1, -0.05) is 55.8 Å². The Balaban J connectivity index is 1.72. The average molecular weight is 320 g/mol. The second-order valence-corrected chi connectivity index (χ2v) is 6.47. The van der Waals surface area contributed by atoms with Gasteiger partial charge in [0.1, 0.15) is 5.75 Å². The van der Waals surface area contributed by atoms with Crippen molar-refractivity contribution in [2.24, 2.45) is 5.92 Å². The third-order valence-corrected chi connectivity index (χ3v) is 4.80. The van der Waals surface area contributed by atoms with Crippen LogP contribution in [0.5, 0.6) is 5.75 Å². The van der Waals surface area contributed by atoms with Crippen molar-refractivity contribution >= 4 is 11.5 Å². The summed E-state index contributed by atoms with van der Waals surface area (Å²) in [6, 6.07) is 16.4. The van der Waals surface area contributed by atoms with Crippen molar-refractivity contribution in [3.63, 3.8) is 0 Å². The lowest BCUT2D eigenvalue weighted by atomic mass is 9.85. The van der Waals surface area contributed by atoms with E-state index in [9.17, 15) is 4.79 Å². The first-order valence-corrected chi connectivity index (χ1v) is 8.74. The van der Waals surface area contributed by atoms with E-state index in [1.165, 1.54) is 49.3 Å². The molecule has 0 N–H and O–H groups in total. The average Bonchev–Trinajstić information content (AvgIpc) is 2.62. The number of hydrogen-bond donors (Lipinski definition) is 0. The molecule has 0 radical (unpaired) electrons. The van der Waals surface area contributed by atoms with Crippen molar-refractivity contribution in [1.29, 1.82) is 0 Å². The third-order valence-electron chi connectivity index (χ3n) is 4.80. The zero-order chi connectivity index (χ0) is 16.9. The summed E-state index contributed by atoms with van der Waals surface area (Å²) in [5, 5.41) is 0. The second kappa shape index (κ2) is 7.48. The summed E-state index contributed by atoms with van der Waals surface area (Å²) in [5.74, 6) is 1.16. The third kappa shape index (κ3) is 3.94. The van der Waals surface area contributed by atoms with E-state index < -0.39 is 0 Å². The van der Waals surface area contributed by atoms with Crippen LogP contribution in [-0.2, 0) is 4.79 Å². The molecule has 1 aliphatic carbocycles. The van der Waals surface area contributed by atoms with Crippen molar-refractivity contribution in [3.05, 3.63) is 60.2 Å². The van der Waals surface area contributed by atoms with E-state index in [0.29, 0.717) is 5.75 Å². The van der Waals surface area contributed by atoms with Gasteiger partial charge >= 0.3 is 5.97 Å². The fourth-order valence-corrected chi connectivity index (χ4v) is 3.28. The topological polar surface area (TPSA) is 26.3 Å². The quantitative estimate of drug-likeness (QED) is 0.520. The number of esters is 1. The minimum atomic E-state index is -0.293. The van der Waals surface area contributed by atoms with Crippen LogP contribution >= 0.6 is 0 Å². The standard InChI is InChI=1S/C22H24O2/c1-3-17-4-6-18(7-5-17)19-8-10-20(11-9-19)21-12-14-22(15-13-21)24-16(2)23/h6,8-15,17H,3-5,7H2,1-2H3. The first-order valence-electron chi connectivity index (χ1n) is 8.74. The Morgan fingerprint density at radius 3 is 2.08 bits per heavy atom. The van der Waals surface area contributed by atoms with Crippen LogP contribution in [0.4, 0.5) is 0 Å². The second-order valence-electron chi connectivity index (χ2n) is 6.47. The Hall–Kier alpha value is -2.35. The molecular weight excluding hydrogens is 296 g/mol. The van der Waals surface area contributed by atoms with E-state index in [1.54, 1.807) is 0 Å². The summed E-state index contributed by atoms with van der Waals surface area (Å²) in [7, 11) is 0. The minimum absolute atomic E-state index is 0.293. The van der Waals surface area contributed by atoms with Crippen LogP contribution in [0, 0.1) is 5.92 Å². The maximum atomic E-state index is 11.0. The highest BCUT2D eigenvalue weighted by Crippen LogP contribution is 2.32. The maximum absolute atomic E-state index is 11.0. The van der Waals surface area contributed by atoms with Crippen LogP contribution in [0.25, 0.3) is 16.7 Å². The van der Waals surface area contributed by atoms with Crippen molar-refractivity contribution in [2.75, 3.05) is 0 Å². The van der Waals surface area contributed by atoms with Gasteiger partial charge in [0.15, 0.2) is 0 Å². The molecule has 2 heteroatoms. The number of allylic oxidation sites excluding steroid dienone is 2. The Bertz CT molecular complexity index is 724. The Labute approximate surface area is 144 Å². The normalized spacial score (nSPS) is 17.2. The van der Waals surface area contributed by atoms with Crippen LogP contribution in [0.2, 0.25) is 0 Å². The van der Waals surface area contributed by atoms with Gasteiger partial charge in [0.2, 0.25) is 0 Å². The van der Waals surface area contributed by atoms with Gasteiger partial charge in [-0.25, -0.2) is 0 Å². The van der Waals surface area contributed by atoms with Gasteiger partial charge in [-0.15, -0.1) is 0 Å². The summed E-state index contributed by atoms with van der Waals surface area (Å²) in [6.07, 6.45) is 7.41. The molecule has 0 saturated heterocycles. The monoisotopic (exact) mass is 320 g/mol. The van der Waals surface area contributed by atoms with Gasteiger partial charge in [-0.05, 0) is 59.6 Å². The molecule has 0 aromatic heterocycles. The molecule has 0 aliphatic heterocycles. The Morgan fingerprint density at radius 2 is 1.58 bits per heavy atom. The molecular formula is C22H24O2. The fourth-order valence-electron chi connectivity index (χ4n) is 3.28. The number of ether oxygens (including phenoxy) is 1. The van der Waals surface area contributed by atoms with Gasteiger partial charge in [-0.3, -0.25) is 4.79 Å². The summed E-state index contributed by atoms with van der Waals surface area (Å²) in [4.78, 5) is 11.0. The van der Waals surface area contributed by atoms with E-state index in [0.717, 1.165) is 11.5 Å². The molecule has 0 amide bonds. The summed E-state index contributed by atoms with van der Waals surface area (Å²) < 4.78 is 5.07. The lowest BCUT2D eigenvalue weighted by Gasteiger charge is -2.20. The van der Waals surface area contributed by atoms with Gasteiger partial charge in [0.05, 0.1) is 0 Å². The molecule has 1 unspecified atom stereocenters. The molecule has 2 nitrogen and oxygen atoms in total. The van der Waals surface area contributed by atoms with E-state index >= 15 is 0 Å². The molecule has 1 aliphatic rings. The molecule has 0 bridgehead atoms. The number of rotatable bonds is 4. The first kappa shape index (κ1) is 16.5. The molecule has 0 spiro atoms. The zero-order valence-corrected chi connectivity index (χ0v) is 14.4. The molecule has 0 heterocycles. The zero-order valence-electron chi connectivity index (χ0n) is 14.4. The van der Waals surface area contributed by atoms with E-state index in [4.69, 9.17) is 4.74 Å². The van der Waals surface area contributed by atoms with Crippen LogP contribution < -0.4 is 4.74 Å². The van der Waals surface area contributed by atoms with E-state index in [2.05, 4.69) is 37.3 Å². The largest absolute Gasteiger partial charge is 0.427 e. The lowest BCUT2D eigenvalue weighted by molar-refractivity contribution is -0.131. The summed E-state index contributed by atoms with van der Waals surface area (Å²) in [5.41, 5.74) is 5.12. The van der Waals surface area contributed by atoms with Gasteiger partial charge in [-0.2, -0.15) is 0 Å². The highest BCUT2D eigenvalue weighted by Gasteiger charge is 2.13. The maximum Gasteiger partial charge on any atom is 0.308 e. The van der Waals surface area contributed by atoms with Crippen molar-refractivity contribution in [1.82, 2.24) is 0 Å². The number of carbonyl (C=O) groups excluding carboxylic acids is 1. The predicted octanol–water partition coefficient (Wildman–Crippen LogP) is 5.87. The lowest BCUT2D eigenvalue weighted by Crippen LogP contribution is -2.03. The SMILES string of the molecule is CCC1CC=C(c2ccc(-c3ccc(OC(C)=O)cc3)cc2)CC1. The predicted molar refractivity (Wildman–Crippen MR) is 98.8 cm³/mol. The van der Waals surface area contributed by atoms with Crippen molar-refractivity contribution < 1.29 is 9.53 Å².